The third-order valence-corrected chi connectivity index (χ3v) is 6.36. The lowest BCUT2D eigenvalue weighted by atomic mass is 10.6. The molecule has 0 aromatic rings. The topological polar surface area (TPSA) is 37.4 Å². The highest BCUT2D eigenvalue weighted by Crippen LogP contribution is 2.19. The van der Waals surface area contributed by atoms with E-state index in [1.807, 2.05) is 42.3 Å². The maximum absolute atomic E-state index is 6.16. The molecule has 0 aromatic heterocycles. The normalized spacial score (nSPS) is 12.8. The summed E-state index contributed by atoms with van der Waals surface area (Å²) in [6, 6.07) is 0.769. The fourth-order valence-electron chi connectivity index (χ4n) is 1.78. The maximum atomic E-state index is 6.16. The van der Waals surface area contributed by atoms with Gasteiger partial charge in [0.05, 0.1) is 19.8 Å². The average Bonchev–Trinajstić information content (AvgIpc) is 2.43. The second-order valence-corrected chi connectivity index (χ2v) is 9.54. The van der Waals surface area contributed by atoms with Crippen LogP contribution in [0.1, 0.15) is 6.42 Å². The van der Waals surface area contributed by atoms with Crippen LogP contribution in [0.2, 0.25) is 6.04 Å². The first-order valence-corrected chi connectivity index (χ1v) is 10.7. The molecule has 0 aromatic carbocycles. The molecule has 0 aliphatic rings. The molecule has 0 spiro atoms. The highest BCUT2D eigenvalue weighted by molar-refractivity contribution is 6.60. The van der Waals surface area contributed by atoms with Crippen molar-refractivity contribution >= 4 is 20.4 Å². The Morgan fingerprint density at radius 3 is 1.30 bits per heavy atom. The summed E-state index contributed by atoms with van der Waals surface area (Å²) >= 11 is 5.89. The van der Waals surface area contributed by atoms with Gasteiger partial charge in [0.15, 0.2) is 0 Å². The van der Waals surface area contributed by atoms with Crippen LogP contribution in [0.3, 0.4) is 0 Å². The molecule has 0 heterocycles. The van der Waals surface area contributed by atoms with Gasteiger partial charge in [0.1, 0.15) is 0 Å². The van der Waals surface area contributed by atoms with Crippen molar-refractivity contribution in [2.75, 3.05) is 87.6 Å². The summed E-state index contributed by atoms with van der Waals surface area (Å²) in [5.41, 5.74) is 0. The molecule has 6 nitrogen and oxygen atoms in total. The largest absolute Gasteiger partial charge is 0.501 e. The van der Waals surface area contributed by atoms with E-state index in [-0.39, 0.29) is 0 Å². The quantitative estimate of drug-likeness (QED) is 0.320. The zero-order chi connectivity index (χ0) is 17.7. The number of nitrogens with zero attached hydrogens (tertiary/aromatic N) is 3. The molecule has 0 unspecified atom stereocenters. The minimum absolute atomic E-state index is 0.597. The minimum Gasteiger partial charge on any atom is -0.372 e. The molecule has 0 bridgehead atoms. The molecule has 0 amide bonds. The van der Waals surface area contributed by atoms with E-state index in [4.69, 9.17) is 24.9 Å². The summed E-state index contributed by atoms with van der Waals surface area (Å²) < 4.78 is 18.5. The van der Waals surface area contributed by atoms with Gasteiger partial charge in [-0.1, -0.05) is 0 Å². The van der Waals surface area contributed by atoms with Crippen molar-refractivity contribution in [3.05, 3.63) is 0 Å². The van der Waals surface area contributed by atoms with Gasteiger partial charge in [0.25, 0.3) is 0 Å². The Labute approximate surface area is 149 Å². The van der Waals surface area contributed by atoms with Gasteiger partial charge in [-0.15, -0.1) is 11.6 Å². The summed E-state index contributed by atoms with van der Waals surface area (Å²) in [6.45, 7) is 4.40. The van der Waals surface area contributed by atoms with Crippen LogP contribution in [0.4, 0.5) is 0 Å². The number of alkyl halides is 1. The molecule has 8 heteroatoms. The second-order valence-electron chi connectivity index (χ2n) is 6.43. The monoisotopic (exact) mass is 369 g/mol. The summed E-state index contributed by atoms with van der Waals surface area (Å²) in [5, 5.41) is 0. The van der Waals surface area contributed by atoms with Crippen molar-refractivity contribution in [3.63, 3.8) is 0 Å². The van der Waals surface area contributed by atoms with Crippen molar-refractivity contribution < 1.29 is 13.3 Å². The standard InChI is InChI=1S/C15H36ClN3O3Si/c1-17(2)9-12-20-23(15-7-8-16,21-13-10-18(3)4)22-14-11-19(5)6/h7-15H2,1-6H3. The molecule has 0 N–H and O–H groups in total. The molecule has 140 valence electrons. The van der Waals surface area contributed by atoms with E-state index in [1.54, 1.807) is 0 Å². The third kappa shape index (κ3) is 13.3. The summed E-state index contributed by atoms with van der Waals surface area (Å²) in [4.78, 5) is 6.29. The van der Waals surface area contributed by atoms with Crippen molar-refractivity contribution in [3.8, 4) is 0 Å². The molecule has 0 aliphatic carbocycles. The van der Waals surface area contributed by atoms with E-state index in [2.05, 4.69) is 14.7 Å². The number of hydrogen-bond acceptors (Lipinski definition) is 6. The highest BCUT2D eigenvalue weighted by atomic mass is 35.5. The van der Waals surface area contributed by atoms with E-state index >= 15 is 0 Å². The molecular formula is C15H36ClN3O3Si. The minimum atomic E-state index is -2.68. The van der Waals surface area contributed by atoms with Crippen LogP contribution >= 0.6 is 11.6 Å². The van der Waals surface area contributed by atoms with Crippen LogP contribution in [0.15, 0.2) is 0 Å². The Balaban J connectivity index is 4.71. The van der Waals surface area contributed by atoms with Crippen LogP contribution in [0, 0.1) is 0 Å². The third-order valence-electron chi connectivity index (χ3n) is 3.20. The van der Waals surface area contributed by atoms with Crippen LogP contribution in [-0.4, -0.2) is 111 Å². The Bertz CT molecular complexity index is 249. The van der Waals surface area contributed by atoms with E-state index in [0.29, 0.717) is 25.7 Å². The lowest BCUT2D eigenvalue weighted by molar-refractivity contribution is 0.0471. The van der Waals surface area contributed by atoms with Gasteiger partial charge in [0, 0.05) is 31.6 Å². The maximum Gasteiger partial charge on any atom is 0.501 e. The van der Waals surface area contributed by atoms with Crippen molar-refractivity contribution in [2.24, 2.45) is 0 Å². The number of halogens is 1. The molecular weight excluding hydrogens is 334 g/mol. The first-order chi connectivity index (χ1) is 10.8. The molecule has 0 aliphatic heterocycles. The fraction of sp³-hybridized carbons (Fsp3) is 1.00. The lowest BCUT2D eigenvalue weighted by Gasteiger charge is -2.31. The first kappa shape index (κ1) is 23.3. The highest BCUT2D eigenvalue weighted by Gasteiger charge is 2.40. The fourth-order valence-corrected chi connectivity index (χ4v) is 4.63. The summed E-state index contributed by atoms with van der Waals surface area (Å²) in [6.07, 6.45) is 0.847. The van der Waals surface area contributed by atoms with Crippen molar-refractivity contribution in [2.45, 2.75) is 12.5 Å². The van der Waals surface area contributed by atoms with Gasteiger partial charge in [-0.2, -0.15) is 0 Å². The molecule has 0 radical (unpaired) electrons. The SMILES string of the molecule is CN(C)CCO[Si](CCCCl)(OCCN(C)C)OCCN(C)C. The van der Waals surface area contributed by atoms with E-state index in [1.165, 1.54) is 0 Å². The molecule has 0 fully saturated rings. The Hall–Kier alpha value is 0.267. The number of hydrogen-bond donors (Lipinski definition) is 0. The summed E-state index contributed by atoms with van der Waals surface area (Å²) in [7, 11) is 9.52. The first-order valence-electron chi connectivity index (χ1n) is 8.23. The summed E-state index contributed by atoms with van der Waals surface area (Å²) in [5.74, 6) is 0.597. The Kier molecular flexibility index (Phi) is 13.7. The van der Waals surface area contributed by atoms with E-state index in [9.17, 15) is 0 Å². The van der Waals surface area contributed by atoms with Crippen LogP contribution in [-0.2, 0) is 13.3 Å². The Morgan fingerprint density at radius 2 is 1.04 bits per heavy atom. The van der Waals surface area contributed by atoms with E-state index < -0.39 is 8.80 Å². The number of rotatable bonds is 15. The zero-order valence-corrected chi connectivity index (χ0v) is 17.6. The average molecular weight is 370 g/mol. The van der Waals surface area contributed by atoms with Gasteiger partial charge in [-0.3, -0.25) is 0 Å². The predicted molar refractivity (Wildman–Crippen MR) is 99.4 cm³/mol. The van der Waals surface area contributed by atoms with E-state index in [0.717, 1.165) is 32.1 Å². The van der Waals surface area contributed by atoms with Crippen molar-refractivity contribution in [1.29, 1.82) is 0 Å². The molecule has 0 saturated heterocycles. The molecule has 0 rings (SSSR count). The van der Waals surface area contributed by atoms with Crippen molar-refractivity contribution in [1.82, 2.24) is 14.7 Å². The predicted octanol–water partition coefficient (Wildman–Crippen LogP) is 1.29. The van der Waals surface area contributed by atoms with Crippen LogP contribution in [0.5, 0.6) is 0 Å². The van der Waals surface area contributed by atoms with Gasteiger partial charge in [-0.25, -0.2) is 0 Å². The van der Waals surface area contributed by atoms with Gasteiger partial charge in [-0.05, 0) is 48.7 Å². The Morgan fingerprint density at radius 1 is 0.696 bits per heavy atom. The molecule has 0 saturated carbocycles. The molecule has 0 atom stereocenters. The smallest absolute Gasteiger partial charge is 0.372 e. The molecule has 23 heavy (non-hydrogen) atoms. The van der Waals surface area contributed by atoms with Gasteiger partial charge in [0.2, 0.25) is 0 Å². The van der Waals surface area contributed by atoms with Crippen LogP contribution in [0.25, 0.3) is 0 Å². The van der Waals surface area contributed by atoms with Gasteiger partial charge >= 0.3 is 8.80 Å². The number of likely N-dealkylation sites (N-methyl/N-ethyl adjacent to an activating group) is 3. The second kappa shape index (κ2) is 13.5. The lowest BCUT2D eigenvalue weighted by Crippen LogP contribution is -2.49. The van der Waals surface area contributed by atoms with Gasteiger partial charge < -0.3 is 28.0 Å². The zero-order valence-electron chi connectivity index (χ0n) is 15.8. The van der Waals surface area contributed by atoms with Crippen LogP contribution < -0.4 is 0 Å².